The maximum Gasteiger partial charge on any atom is 0.329 e. The third-order valence-corrected chi connectivity index (χ3v) is 8.74. The van der Waals surface area contributed by atoms with Gasteiger partial charge in [-0.1, -0.05) is 54.6 Å². The fraction of sp³-hybridized carbons (Fsp3) is 0.407. The second-order valence-electron chi connectivity index (χ2n) is 10.0. The van der Waals surface area contributed by atoms with E-state index in [1.165, 1.54) is 12.4 Å². The second kappa shape index (κ2) is 11.9. The number of carboxylic acids is 1. The van der Waals surface area contributed by atoms with E-state index in [0.29, 0.717) is 34.3 Å². The molecule has 208 valence electrons. The molecule has 2 aromatic rings. The largest absolute Gasteiger partial charge is 0.479 e. The third-order valence-electron chi connectivity index (χ3n) is 7.41. The van der Waals surface area contributed by atoms with Crippen LogP contribution in [0.25, 0.3) is 0 Å². The van der Waals surface area contributed by atoms with Gasteiger partial charge in [-0.3, -0.25) is 14.6 Å². The molecule has 2 atom stereocenters. The number of carbonyl (C=O) groups is 3. The highest BCUT2D eigenvalue weighted by atomic mass is 79.9. The lowest BCUT2D eigenvalue weighted by Crippen LogP contribution is -2.61. The number of allylic oxidation sites excluding steroid dienone is 2. The van der Waals surface area contributed by atoms with Gasteiger partial charge in [0.25, 0.3) is 5.91 Å². The van der Waals surface area contributed by atoms with Crippen LogP contribution < -0.4 is 10.6 Å². The number of amides is 1. The van der Waals surface area contributed by atoms with Gasteiger partial charge in [-0.25, -0.2) is 4.79 Å². The fourth-order valence-electron chi connectivity index (χ4n) is 5.36. The molecule has 12 heteroatoms. The molecule has 1 heterocycles. The summed E-state index contributed by atoms with van der Waals surface area (Å²) in [5.41, 5.74) is -0.846. The molecular weight excluding hydrogens is 613 g/mol. The zero-order valence-corrected chi connectivity index (χ0v) is 23.9. The molecule has 0 radical (unpaired) electrons. The summed E-state index contributed by atoms with van der Waals surface area (Å²) in [6.07, 6.45) is 4.93. The number of ketones is 1. The van der Waals surface area contributed by atoms with Crippen LogP contribution in [-0.4, -0.2) is 56.2 Å². The van der Waals surface area contributed by atoms with E-state index in [2.05, 4.69) is 31.5 Å². The van der Waals surface area contributed by atoms with Gasteiger partial charge >= 0.3 is 5.97 Å². The molecule has 0 bridgehead atoms. The highest BCUT2D eigenvalue weighted by Gasteiger charge is 2.56. The summed E-state index contributed by atoms with van der Waals surface area (Å²) in [6, 6.07) is 6.52. The number of hydrogen-bond acceptors (Lipinski definition) is 7. The lowest BCUT2D eigenvalue weighted by atomic mass is 9.62. The Balaban J connectivity index is 1.59. The van der Waals surface area contributed by atoms with Crippen LogP contribution in [0.15, 0.2) is 46.8 Å². The molecule has 2 aliphatic rings. The number of benzene rings is 1. The maximum atomic E-state index is 12.9. The van der Waals surface area contributed by atoms with Crippen LogP contribution in [-0.2, 0) is 16.0 Å². The van der Waals surface area contributed by atoms with Crippen molar-refractivity contribution in [2.45, 2.75) is 56.6 Å². The summed E-state index contributed by atoms with van der Waals surface area (Å²) < 4.78 is 0.319. The minimum Gasteiger partial charge on any atom is -0.479 e. The first-order valence-corrected chi connectivity index (χ1v) is 14.0. The quantitative estimate of drug-likeness (QED) is 0.255. The van der Waals surface area contributed by atoms with E-state index in [1.54, 1.807) is 24.3 Å². The van der Waals surface area contributed by atoms with Crippen molar-refractivity contribution in [3.8, 4) is 0 Å². The minimum absolute atomic E-state index is 0.0406. The average Bonchev–Trinajstić information content (AvgIpc) is 2.92. The SMILES string of the molecule is O=C(Nc1ccc(C[C@@](CC(O)CO)(NC2=C(Br)C(=O)C23CCCCC3)C(=O)O)cc1)c1c(Cl)cncc1Cl. The molecule has 0 aliphatic heterocycles. The van der Waals surface area contributed by atoms with E-state index in [1.807, 2.05) is 0 Å². The number of carboxylic acid groups (broad SMARTS) is 1. The normalized spacial score (nSPS) is 18.7. The molecular formula is C27H28BrCl2N3O6. The van der Waals surface area contributed by atoms with Gasteiger partial charge in [0, 0.05) is 36.6 Å². The molecule has 2 aliphatic carbocycles. The van der Waals surface area contributed by atoms with Gasteiger partial charge in [-0.05, 0) is 46.5 Å². The standard InChI is InChI=1S/C27H28BrCl2N3O6/c28-21-22(26(23(21)36)8-2-1-3-9-26)33-27(25(38)39,11-17(35)14-34)10-15-4-6-16(7-5-15)32-24(37)20-18(29)12-31-13-19(20)30/h4-7,12-13,17,33-35H,1-3,8-11,14H2,(H,32,37)(H,38,39)/t17?,27-/m0/s1. The van der Waals surface area contributed by atoms with E-state index in [4.69, 9.17) is 23.2 Å². The summed E-state index contributed by atoms with van der Waals surface area (Å²) in [5.74, 6) is -1.80. The smallest absolute Gasteiger partial charge is 0.329 e. The van der Waals surface area contributed by atoms with Crippen LogP contribution >= 0.6 is 39.1 Å². The van der Waals surface area contributed by atoms with Gasteiger partial charge in [0.05, 0.1) is 38.2 Å². The molecule has 5 N–H and O–H groups in total. The molecule has 1 spiro atoms. The zero-order valence-electron chi connectivity index (χ0n) is 20.8. The summed E-state index contributed by atoms with van der Waals surface area (Å²) in [4.78, 5) is 42.2. The molecule has 1 fully saturated rings. The van der Waals surface area contributed by atoms with Gasteiger partial charge in [-0.2, -0.15) is 0 Å². The lowest BCUT2D eigenvalue weighted by Gasteiger charge is -2.48. The molecule has 0 saturated heterocycles. The van der Waals surface area contributed by atoms with Crippen LogP contribution in [0.5, 0.6) is 0 Å². The van der Waals surface area contributed by atoms with Crippen molar-refractivity contribution in [1.29, 1.82) is 0 Å². The van der Waals surface area contributed by atoms with Crippen LogP contribution in [0.1, 0.15) is 54.4 Å². The number of rotatable bonds is 10. The van der Waals surface area contributed by atoms with Gasteiger partial charge in [-0.15, -0.1) is 0 Å². The average molecular weight is 641 g/mol. The lowest BCUT2D eigenvalue weighted by molar-refractivity contribution is -0.147. The monoisotopic (exact) mass is 639 g/mol. The first kappa shape index (κ1) is 29.5. The number of nitrogens with one attached hydrogen (secondary N) is 2. The minimum atomic E-state index is -1.72. The van der Waals surface area contributed by atoms with Crippen molar-refractivity contribution in [3.63, 3.8) is 0 Å². The predicted molar refractivity (Wildman–Crippen MR) is 150 cm³/mol. The molecule has 1 aromatic heterocycles. The van der Waals surface area contributed by atoms with Crippen LogP contribution in [0.2, 0.25) is 10.0 Å². The van der Waals surface area contributed by atoms with Crippen LogP contribution in [0.3, 0.4) is 0 Å². The molecule has 4 rings (SSSR count). The zero-order chi connectivity index (χ0) is 28.4. The number of aliphatic carboxylic acids is 1. The molecule has 1 unspecified atom stereocenters. The highest BCUT2D eigenvalue weighted by molar-refractivity contribution is 9.12. The maximum absolute atomic E-state index is 12.9. The molecule has 1 saturated carbocycles. The number of anilines is 1. The number of aromatic nitrogens is 1. The van der Waals surface area contributed by atoms with Crippen molar-refractivity contribution in [2.24, 2.45) is 5.41 Å². The Morgan fingerprint density at radius 2 is 1.72 bits per heavy atom. The summed E-state index contributed by atoms with van der Waals surface area (Å²) in [6.45, 7) is -0.619. The van der Waals surface area contributed by atoms with E-state index in [9.17, 15) is 29.7 Å². The summed E-state index contributed by atoms with van der Waals surface area (Å²) >= 11 is 15.5. The predicted octanol–water partition coefficient (Wildman–Crippen LogP) is 4.48. The van der Waals surface area contributed by atoms with E-state index in [-0.39, 0.29) is 34.2 Å². The van der Waals surface area contributed by atoms with Crippen LogP contribution in [0, 0.1) is 5.41 Å². The van der Waals surface area contributed by atoms with Crippen molar-refractivity contribution < 1.29 is 29.7 Å². The van der Waals surface area contributed by atoms with Gasteiger partial charge in [0.1, 0.15) is 5.54 Å². The fourth-order valence-corrected chi connectivity index (χ4v) is 6.75. The number of aliphatic hydroxyl groups is 2. The molecule has 39 heavy (non-hydrogen) atoms. The molecule has 1 aromatic carbocycles. The topological polar surface area (TPSA) is 149 Å². The van der Waals surface area contributed by atoms with Crippen molar-refractivity contribution in [1.82, 2.24) is 10.3 Å². The van der Waals surface area contributed by atoms with Crippen molar-refractivity contribution in [3.05, 3.63) is 68.0 Å². The Morgan fingerprint density at radius 3 is 2.28 bits per heavy atom. The Bertz CT molecular complexity index is 1290. The van der Waals surface area contributed by atoms with E-state index in [0.717, 1.165) is 19.3 Å². The summed E-state index contributed by atoms with van der Waals surface area (Å²) in [7, 11) is 0. The van der Waals surface area contributed by atoms with Crippen LogP contribution in [0.4, 0.5) is 5.69 Å². The number of aliphatic hydroxyl groups excluding tert-OH is 2. The summed E-state index contributed by atoms with van der Waals surface area (Å²) in [5, 5.41) is 36.3. The number of halogens is 3. The number of pyridine rings is 1. The Hall–Kier alpha value is -2.50. The van der Waals surface area contributed by atoms with Gasteiger partial charge in [0.2, 0.25) is 0 Å². The third kappa shape index (κ3) is 5.85. The second-order valence-corrected chi connectivity index (χ2v) is 11.6. The first-order chi connectivity index (χ1) is 18.5. The van der Waals surface area contributed by atoms with Gasteiger partial charge < -0.3 is 26.0 Å². The van der Waals surface area contributed by atoms with E-state index < -0.39 is 35.5 Å². The Labute approximate surface area is 243 Å². The number of Topliss-reactive ketones (excluding diaryl/α,β-unsaturated/α-hetero) is 1. The number of nitrogens with zero attached hydrogens (tertiary/aromatic N) is 1. The Morgan fingerprint density at radius 1 is 1.10 bits per heavy atom. The number of carbonyl (C=O) groups excluding carboxylic acids is 2. The Kier molecular flexibility index (Phi) is 9.02. The van der Waals surface area contributed by atoms with Crippen molar-refractivity contribution >= 4 is 62.5 Å². The van der Waals surface area contributed by atoms with Gasteiger partial charge in [0.15, 0.2) is 5.78 Å². The van der Waals surface area contributed by atoms with E-state index >= 15 is 0 Å². The number of hydrogen-bond donors (Lipinski definition) is 5. The highest BCUT2D eigenvalue weighted by Crippen LogP contribution is 2.54. The van der Waals surface area contributed by atoms with Crippen molar-refractivity contribution in [2.75, 3.05) is 11.9 Å². The molecule has 1 amide bonds. The molecule has 9 nitrogen and oxygen atoms in total. The first-order valence-electron chi connectivity index (χ1n) is 12.5.